The molecular formula is C29H41N7O6. The van der Waals surface area contributed by atoms with Gasteiger partial charge in [0.15, 0.2) is 5.96 Å². The Morgan fingerprint density at radius 1 is 0.786 bits per heavy atom. The van der Waals surface area contributed by atoms with Crippen LogP contribution in [0.4, 0.5) is 0 Å². The minimum absolute atomic E-state index is 0.0384. The molecule has 0 aliphatic heterocycles. The van der Waals surface area contributed by atoms with Gasteiger partial charge in [-0.05, 0) is 42.0 Å². The standard InChI is InChI=1S/C29H41N7O6/c1-17(2)24(30)27(40)36-23(16-19-10-12-20(37)13-11-19)26(39)35-22(15-18-7-4-3-5-8-18)25(38)34-21(28(41)42)9-6-14-33-29(31)32/h3-5,7-8,10-13,17,21-24,37H,6,9,14-16,30H2,1-2H3,(H,34,38)(H,35,39)(H,36,40)(H,41,42)(H4,31,32,33). The monoisotopic (exact) mass is 583 g/mol. The number of aromatic hydroxyl groups is 1. The van der Waals surface area contributed by atoms with Crippen molar-refractivity contribution in [3.8, 4) is 5.75 Å². The molecule has 4 atom stereocenters. The zero-order valence-corrected chi connectivity index (χ0v) is 23.8. The van der Waals surface area contributed by atoms with Gasteiger partial charge in [0, 0.05) is 19.4 Å². The molecule has 2 aromatic carbocycles. The Morgan fingerprint density at radius 2 is 1.29 bits per heavy atom. The number of phenols is 1. The molecule has 13 heteroatoms. The Balaban J connectivity index is 2.29. The summed E-state index contributed by atoms with van der Waals surface area (Å²) in [6.45, 7) is 3.73. The molecule has 0 saturated heterocycles. The second-order valence-electron chi connectivity index (χ2n) is 10.3. The lowest BCUT2D eigenvalue weighted by Gasteiger charge is -2.26. The third-order valence-electron chi connectivity index (χ3n) is 6.51. The number of nitrogens with two attached hydrogens (primary N) is 3. The van der Waals surface area contributed by atoms with Crippen molar-refractivity contribution in [3.05, 3.63) is 65.7 Å². The molecule has 0 aromatic heterocycles. The summed E-state index contributed by atoms with van der Waals surface area (Å²) >= 11 is 0. The van der Waals surface area contributed by atoms with Gasteiger partial charge in [-0.15, -0.1) is 0 Å². The summed E-state index contributed by atoms with van der Waals surface area (Å²) < 4.78 is 0. The largest absolute Gasteiger partial charge is 0.508 e. The summed E-state index contributed by atoms with van der Waals surface area (Å²) in [5.74, 6) is -3.45. The van der Waals surface area contributed by atoms with Crippen LogP contribution in [0.5, 0.6) is 5.75 Å². The van der Waals surface area contributed by atoms with Gasteiger partial charge in [-0.3, -0.25) is 19.4 Å². The molecule has 42 heavy (non-hydrogen) atoms. The van der Waals surface area contributed by atoms with E-state index in [4.69, 9.17) is 17.2 Å². The van der Waals surface area contributed by atoms with Crippen LogP contribution in [0.25, 0.3) is 0 Å². The summed E-state index contributed by atoms with van der Waals surface area (Å²) in [5.41, 5.74) is 18.0. The second kappa shape index (κ2) is 16.6. The van der Waals surface area contributed by atoms with Crippen molar-refractivity contribution in [2.24, 2.45) is 28.1 Å². The van der Waals surface area contributed by atoms with Crippen LogP contribution in [-0.2, 0) is 32.0 Å². The highest BCUT2D eigenvalue weighted by molar-refractivity contribution is 5.94. The summed E-state index contributed by atoms with van der Waals surface area (Å²) in [4.78, 5) is 55.5. The first-order chi connectivity index (χ1) is 19.9. The Morgan fingerprint density at radius 3 is 1.79 bits per heavy atom. The number of hydrogen-bond acceptors (Lipinski definition) is 7. The van der Waals surface area contributed by atoms with Gasteiger partial charge < -0.3 is 43.4 Å². The number of aliphatic carboxylic acids is 1. The molecule has 0 bridgehead atoms. The fourth-order valence-electron chi connectivity index (χ4n) is 4.01. The molecule has 0 aliphatic carbocycles. The fourth-order valence-corrected chi connectivity index (χ4v) is 4.01. The van der Waals surface area contributed by atoms with Gasteiger partial charge in [-0.25, -0.2) is 4.79 Å². The van der Waals surface area contributed by atoms with Crippen LogP contribution in [0.3, 0.4) is 0 Å². The van der Waals surface area contributed by atoms with E-state index < -0.39 is 47.9 Å². The van der Waals surface area contributed by atoms with Crippen LogP contribution in [0.15, 0.2) is 59.6 Å². The van der Waals surface area contributed by atoms with E-state index in [0.717, 1.165) is 5.56 Å². The van der Waals surface area contributed by atoms with Crippen molar-refractivity contribution in [2.75, 3.05) is 6.54 Å². The third-order valence-corrected chi connectivity index (χ3v) is 6.51. The van der Waals surface area contributed by atoms with E-state index in [-0.39, 0.29) is 43.4 Å². The third kappa shape index (κ3) is 11.5. The second-order valence-corrected chi connectivity index (χ2v) is 10.3. The van der Waals surface area contributed by atoms with Crippen LogP contribution in [-0.4, -0.2) is 70.6 Å². The Labute approximate surface area is 244 Å². The first-order valence-electron chi connectivity index (χ1n) is 13.6. The highest BCUT2D eigenvalue weighted by Gasteiger charge is 2.31. The Bertz CT molecular complexity index is 1220. The van der Waals surface area contributed by atoms with Gasteiger partial charge in [0.2, 0.25) is 17.7 Å². The molecule has 0 saturated carbocycles. The predicted octanol–water partition coefficient (Wildman–Crippen LogP) is -0.247. The van der Waals surface area contributed by atoms with E-state index in [1.165, 1.54) is 12.1 Å². The number of rotatable bonds is 16. The smallest absolute Gasteiger partial charge is 0.326 e. The number of carboxylic acid groups (broad SMARTS) is 1. The molecule has 2 aromatic rings. The van der Waals surface area contributed by atoms with E-state index in [1.54, 1.807) is 56.3 Å². The highest BCUT2D eigenvalue weighted by Crippen LogP contribution is 2.13. The fraction of sp³-hybridized carbons (Fsp3) is 0.414. The molecule has 2 rings (SSSR count). The van der Waals surface area contributed by atoms with Crippen LogP contribution >= 0.6 is 0 Å². The van der Waals surface area contributed by atoms with Crippen LogP contribution in [0.2, 0.25) is 0 Å². The molecule has 4 unspecified atom stereocenters. The summed E-state index contributed by atoms with van der Waals surface area (Å²) in [5, 5.41) is 27.2. The quantitative estimate of drug-likeness (QED) is 0.0738. The number of aliphatic imine (C=N–C) groups is 1. The van der Waals surface area contributed by atoms with Crippen molar-refractivity contribution >= 4 is 29.7 Å². The molecule has 13 nitrogen and oxygen atoms in total. The van der Waals surface area contributed by atoms with E-state index in [9.17, 15) is 29.4 Å². The molecule has 0 aliphatic rings. The van der Waals surface area contributed by atoms with Crippen LogP contribution in [0, 0.1) is 5.92 Å². The van der Waals surface area contributed by atoms with Gasteiger partial charge in [0.25, 0.3) is 0 Å². The lowest BCUT2D eigenvalue weighted by Crippen LogP contribution is -2.58. The van der Waals surface area contributed by atoms with Crippen molar-refractivity contribution in [2.45, 2.75) is 63.7 Å². The zero-order chi connectivity index (χ0) is 31.2. The molecule has 228 valence electrons. The topological polar surface area (TPSA) is 235 Å². The van der Waals surface area contributed by atoms with Gasteiger partial charge in [-0.1, -0.05) is 56.3 Å². The Hall–Kier alpha value is -4.65. The molecule has 3 amide bonds. The molecule has 0 radical (unpaired) electrons. The number of carboxylic acids is 1. The van der Waals surface area contributed by atoms with E-state index >= 15 is 0 Å². The van der Waals surface area contributed by atoms with E-state index in [2.05, 4.69) is 20.9 Å². The average Bonchev–Trinajstić information content (AvgIpc) is 2.94. The van der Waals surface area contributed by atoms with Crippen LogP contribution in [0.1, 0.15) is 37.8 Å². The molecule has 0 spiro atoms. The van der Waals surface area contributed by atoms with E-state index in [1.807, 2.05) is 0 Å². The summed E-state index contributed by atoms with van der Waals surface area (Å²) in [7, 11) is 0. The number of hydrogen-bond donors (Lipinski definition) is 8. The molecular weight excluding hydrogens is 542 g/mol. The summed E-state index contributed by atoms with van der Waals surface area (Å²) in [6, 6.07) is 10.6. The number of benzene rings is 2. The van der Waals surface area contributed by atoms with Crippen molar-refractivity contribution in [1.29, 1.82) is 0 Å². The van der Waals surface area contributed by atoms with Gasteiger partial charge in [0.1, 0.15) is 23.9 Å². The summed E-state index contributed by atoms with van der Waals surface area (Å²) in [6.07, 6.45) is 0.452. The van der Waals surface area contributed by atoms with E-state index in [0.29, 0.717) is 12.0 Å². The van der Waals surface area contributed by atoms with Gasteiger partial charge >= 0.3 is 5.97 Å². The predicted molar refractivity (Wildman–Crippen MR) is 158 cm³/mol. The maximum absolute atomic E-state index is 13.6. The van der Waals surface area contributed by atoms with Crippen molar-refractivity contribution < 1.29 is 29.4 Å². The molecule has 11 N–H and O–H groups in total. The number of amides is 3. The molecule has 0 fully saturated rings. The number of carbonyl (C=O) groups excluding carboxylic acids is 3. The maximum atomic E-state index is 13.6. The van der Waals surface area contributed by atoms with Crippen molar-refractivity contribution in [3.63, 3.8) is 0 Å². The lowest BCUT2D eigenvalue weighted by atomic mass is 10.0. The van der Waals surface area contributed by atoms with Gasteiger partial charge in [-0.2, -0.15) is 0 Å². The lowest BCUT2D eigenvalue weighted by molar-refractivity contribution is -0.142. The number of phenolic OH excluding ortho intramolecular Hbond substituents is 1. The van der Waals surface area contributed by atoms with Crippen LogP contribution < -0.4 is 33.2 Å². The minimum Gasteiger partial charge on any atom is -0.508 e. The molecule has 0 heterocycles. The minimum atomic E-state index is -1.25. The highest BCUT2D eigenvalue weighted by atomic mass is 16.4. The number of carbonyl (C=O) groups is 4. The number of nitrogens with one attached hydrogen (secondary N) is 3. The average molecular weight is 584 g/mol. The first-order valence-corrected chi connectivity index (χ1v) is 13.6. The first kappa shape index (κ1) is 33.6. The number of guanidine groups is 1. The van der Waals surface area contributed by atoms with Crippen molar-refractivity contribution in [1.82, 2.24) is 16.0 Å². The zero-order valence-electron chi connectivity index (χ0n) is 23.8. The van der Waals surface area contributed by atoms with Gasteiger partial charge in [0.05, 0.1) is 6.04 Å². The normalized spacial score (nSPS) is 13.7. The SMILES string of the molecule is CC(C)C(N)C(=O)NC(Cc1ccc(O)cc1)C(=O)NC(Cc1ccccc1)C(=O)NC(CCCN=C(N)N)C(=O)O. The Kier molecular flexibility index (Phi) is 13.2. The maximum Gasteiger partial charge on any atom is 0.326 e. The number of nitrogens with zero attached hydrogens (tertiary/aromatic N) is 1.